The topological polar surface area (TPSA) is 151 Å². The molecule has 174 valence electrons. The van der Waals surface area contributed by atoms with Crippen molar-refractivity contribution in [1.29, 1.82) is 5.26 Å². The van der Waals surface area contributed by atoms with Crippen LogP contribution >= 0.6 is 11.6 Å². The number of amidine groups is 1. The molecule has 3 rings (SSSR count). The van der Waals surface area contributed by atoms with Crippen LogP contribution in [0.2, 0.25) is 5.02 Å². The van der Waals surface area contributed by atoms with Crippen molar-refractivity contribution in [3.63, 3.8) is 0 Å². The van der Waals surface area contributed by atoms with E-state index in [-0.39, 0.29) is 40.9 Å². The highest BCUT2D eigenvalue weighted by Gasteiger charge is 2.54. The second-order valence-electron chi connectivity index (χ2n) is 6.79. The van der Waals surface area contributed by atoms with Crippen molar-refractivity contribution in [3.8, 4) is 6.07 Å². The largest absolute Gasteiger partial charge is 0.483 e. The van der Waals surface area contributed by atoms with Gasteiger partial charge in [-0.1, -0.05) is 11.6 Å². The summed E-state index contributed by atoms with van der Waals surface area (Å²) in [4.78, 5) is 28.5. The number of nitriles is 1. The summed E-state index contributed by atoms with van der Waals surface area (Å²) in [6, 6.07) is 6.25. The van der Waals surface area contributed by atoms with Crippen molar-refractivity contribution >= 4 is 35.5 Å². The number of carbonyl (C=O) groups is 2. The molecule has 1 aromatic carbocycles. The van der Waals surface area contributed by atoms with Crippen LogP contribution in [0.5, 0.6) is 0 Å². The lowest BCUT2D eigenvalue weighted by molar-refractivity contribution is -0.122. The van der Waals surface area contributed by atoms with Crippen molar-refractivity contribution in [2.45, 2.75) is 18.4 Å². The molecule has 0 aliphatic carbocycles. The Morgan fingerprint density at radius 2 is 2.09 bits per heavy atom. The number of nitrogens with two attached hydrogens (primary N) is 1. The van der Waals surface area contributed by atoms with Crippen LogP contribution in [0.4, 0.5) is 18.9 Å². The fourth-order valence-electron chi connectivity index (χ4n) is 2.92. The van der Waals surface area contributed by atoms with E-state index in [0.717, 1.165) is 25.3 Å². The summed E-state index contributed by atoms with van der Waals surface area (Å²) < 4.78 is 48.8. The maximum absolute atomic E-state index is 14.7. The first-order chi connectivity index (χ1) is 15.5. The Hall–Kier alpha value is -3.69. The Morgan fingerprint density at radius 3 is 2.70 bits per heavy atom. The highest BCUT2D eigenvalue weighted by atomic mass is 35.5. The molecule has 0 spiro atoms. The van der Waals surface area contributed by atoms with E-state index in [9.17, 15) is 18.0 Å². The summed E-state index contributed by atoms with van der Waals surface area (Å²) in [6.45, 7) is -0.530. The first kappa shape index (κ1) is 25.6. The molecule has 0 saturated carbocycles. The van der Waals surface area contributed by atoms with Gasteiger partial charge in [0.05, 0.1) is 10.6 Å². The smallest absolute Gasteiger partial charge is 0.299 e. The summed E-state index contributed by atoms with van der Waals surface area (Å²) in [7, 11) is 0. The third-order valence-electron chi connectivity index (χ3n) is 4.55. The highest BCUT2D eigenvalue weighted by Crippen LogP contribution is 2.44. The lowest BCUT2D eigenvalue weighted by Crippen LogP contribution is -2.45. The molecule has 1 aromatic heterocycles. The Kier molecular flexibility index (Phi) is 7.97. The quantitative estimate of drug-likeness (QED) is 0.568. The fraction of sp³-hybridized carbons (Fsp3) is 0.250. The predicted octanol–water partition coefficient (Wildman–Crippen LogP) is 2.94. The molecule has 1 atom stereocenters. The predicted molar refractivity (Wildman–Crippen MR) is 112 cm³/mol. The van der Waals surface area contributed by atoms with E-state index >= 15 is 0 Å². The molecular formula is C20H17ClF3N5O4. The number of halogens is 4. The van der Waals surface area contributed by atoms with Crippen LogP contribution in [0.15, 0.2) is 35.5 Å². The zero-order valence-electron chi connectivity index (χ0n) is 17.0. The number of ether oxygens (including phenoxy) is 1. The lowest BCUT2D eigenvalue weighted by Gasteiger charge is -2.33. The minimum Gasteiger partial charge on any atom is -0.483 e. The van der Waals surface area contributed by atoms with Gasteiger partial charge in [0.2, 0.25) is 0 Å². The van der Waals surface area contributed by atoms with Crippen LogP contribution in [0.25, 0.3) is 0 Å². The van der Waals surface area contributed by atoms with Gasteiger partial charge in [0.25, 0.3) is 18.3 Å². The van der Waals surface area contributed by atoms with Crippen LogP contribution in [0.3, 0.4) is 0 Å². The number of nitrogens with one attached hydrogen (secondary N) is 1. The first-order valence-corrected chi connectivity index (χ1v) is 9.41. The second-order valence-corrected chi connectivity index (χ2v) is 7.20. The van der Waals surface area contributed by atoms with Crippen molar-refractivity contribution < 1.29 is 32.6 Å². The average Bonchev–Trinajstić information content (AvgIpc) is 2.84. The van der Waals surface area contributed by atoms with E-state index in [0.29, 0.717) is 0 Å². The van der Waals surface area contributed by atoms with Gasteiger partial charge in [-0.05, 0) is 31.2 Å². The van der Waals surface area contributed by atoms with Gasteiger partial charge in [0.15, 0.2) is 5.54 Å². The number of benzene rings is 1. The van der Waals surface area contributed by atoms with Crippen LogP contribution in [-0.2, 0) is 15.1 Å². The molecule has 0 bridgehead atoms. The van der Waals surface area contributed by atoms with E-state index < -0.39 is 35.4 Å². The van der Waals surface area contributed by atoms with Crippen molar-refractivity contribution in [2.75, 3.05) is 18.5 Å². The summed E-state index contributed by atoms with van der Waals surface area (Å²) in [6.07, 6.45) is 1.15. The first-order valence-electron chi connectivity index (χ1n) is 9.03. The molecule has 0 unspecified atom stereocenters. The Labute approximate surface area is 190 Å². The standard InChI is InChI=1S/C19H15ClF3N5O2.CH2O2/c1-18(19(22,23)9-30-8-15(25)28-18)12-5-11(2-3-14(12)21)27-17(29)16-13(20)4-10(6-24)7-26-16;2-1-3/h2-5,7H,8-9H2,1H3,(H2,25,28)(H,27,29);1H,(H,2,3)/t18-;/m1./s1. The number of anilines is 1. The number of carbonyl (C=O) groups excluding carboxylic acids is 1. The van der Waals surface area contributed by atoms with Gasteiger partial charge in [-0.25, -0.2) is 18.2 Å². The second kappa shape index (κ2) is 10.3. The minimum atomic E-state index is -3.57. The third kappa shape index (κ3) is 5.57. The summed E-state index contributed by atoms with van der Waals surface area (Å²) in [5, 5.41) is 18.1. The minimum absolute atomic E-state index is 0.00888. The van der Waals surface area contributed by atoms with E-state index in [1.807, 2.05) is 6.07 Å². The molecule has 4 N–H and O–H groups in total. The highest BCUT2D eigenvalue weighted by molar-refractivity contribution is 6.34. The summed E-state index contributed by atoms with van der Waals surface area (Å²) >= 11 is 5.96. The Morgan fingerprint density at radius 1 is 1.42 bits per heavy atom. The van der Waals surface area contributed by atoms with Crippen molar-refractivity contribution in [1.82, 2.24) is 4.98 Å². The Balaban J connectivity index is 0.00000122. The third-order valence-corrected chi connectivity index (χ3v) is 4.83. The van der Waals surface area contributed by atoms with E-state index in [4.69, 9.17) is 37.2 Å². The van der Waals surface area contributed by atoms with Crippen LogP contribution in [0, 0.1) is 17.1 Å². The maximum Gasteiger partial charge on any atom is 0.299 e. The zero-order chi connectivity index (χ0) is 24.8. The molecule has 13 heteroatoms. The van der Waals surface area contributed by atoms with Gasteiger partial charge < -0.3 is 20.9 Å². The molecule has 33 heavy (non-hydrogen) atoms. The van der Waals surface area contributed by atoms with Crippen LogP contribution < -0.4 is 11.1 Å². The number of alkyl halides is 2. The normalized spacial score (nSPS) is 19.1. The molecule has 1 aliphatic heterocycles. The van der Waals surface area contributed by atoms with Gasteiger partial charge in [0.1, 0.15) is 36.6 Å². The molecule has 2 aromatic rings. The van der Waals surface area contributed by atoms with E-state index in [1.54, 1.807) is 0 Å². The number of hydrogen-bond donors (Lipinski definition) is 3. The average molecular weight is 484 g/mol. The van der Waals surface area contributed by atoms with Gasteiger partial charge in [-0.2, -0.15) is 5.26 Å². The van der Waals surface area contributed by atoms with Gasteiger partial charge in [0, 0.05) is 17.4 Å². The molecule has 9 nitrogen and oxygen atoms in total. The lowest BCUT2D eigenvalue weighted by atomic mass is 9.85. The number of amides is 1. The number of aromatic nitrogens is 1. The maximum atomic E-state index is 14.7. The summed E-state index contributed by atoms with van der Waals surface area (Å²) in [5.74, 6) is -5.51. The molecule has 0 fully saturated rings. The Bertz CT molecular complexity index is 1140. The number of pyridine rings is 1. The number of carboxylic acid groups (broad SMARTS) is 1. The van der Waals surface area contributed by atoms with Crippen molar-refractivity contribution in [3.05, 3.63) is 58.1 Å². The van der Waals surface area contributed by atoms with E-state index in [1.165, 1.54) is 12.1 Å². The monoisotopic (exact) mass is 483 g/mol. The van der Waals surface area contributed by atoms with Crippen molar-refractivity contribution in [2.24, 2.45) is 10.7 Å². The molecular weight excluding hydrogens is 467 g/mol. The van der Waals surface area contributed by atoms with Gasteiger partial charge in [-0.3, -0.25) is 14.6 Å². The molecule has 1 amide bonds. The van der Waals surface area contributed by atoms with Gasteiger partial charge >= 0.3 is 0 Å². The number of rotatable bonds is 3. The SMILES string of the molecule is C[C@]1(c2cc(NC(=O)c3ncc(C#N)cc3Cl)ccc2F)N=C(N)COCC1(F)F.O=CO. The van der Waals surface area contributed by atoms with Crippen LogP contribution in [0.1, 0.15) is 28.5 Å². The molecule has 0 radical (unpaired) electrons. The molecule has 0 saturated heterocycles. The number of aliphatic imine (C=N–C) groups is 1. The fourth-order valence-corrected chi connectivity index (χ4v) is 3.17. The van der Waals surface area contributed by atoms with Gasteiger partial charge in [-0.15, -0.1) is 0 Å². The zero-order valence-corrected chi connectivity index (χ0v) is 17.7. The number of nitrogens with zero attached hydrogens (tertiary/aromatic N) is 3. The van der Waals surface area contributed by atoms with E-state index in [2.05, 4.69) is 15.3 Å². The molecule has 1 aliphatic rings. The summed E-state index contributed by atoms with van der Waals surface area (Å²) in [5.41, 5.74) is 2.75. The number of hydrogen-bond acceptors (Lipinski definition) is 7. The molecule has 2 heterocycles. The van der Waals surface area contributed by atoms with Crippen LogP contribution in [-0.4, -0.2) is 47.4 Å².